The molecule has 0 amide bonds. The number of nitrogens with one attached hydrogen (secondary N) is 1. The molecule has 2 aliphatic rings. The second-order valence-corrected chi connectivity index (χ2v) is 8.63. The lowest BCUT2D eigenvalue weighted by atomic mass is 10.1. The van der Waals surface area contributed by atoms with E-state index in [1.165, 1.54) is 0 Å². The minimum atomic E-state index is 0.0678. The largest absolute Gasteiger partial charge is 0.495 e. The van der Waals surface area contributed by atoms with Crippen molar-refractivity contribution in [2.24, 2.45) is 0 Å². The highest BCUT2D eigenvalue weighted by molar-refractivity contribution is 5.69. The van der Waals surface area contributed by atoms with Gasteiger partial charge < -0.3 is 29.2 Å². The van der Waals surface area contributed by atoms with Crippen molar-refractivity contribution < 1.29 is 18.9 Å². The molecular weight excluding hydrogens is 458 g/mol. The van der Waals surface area contributed by atoms with Crippen LogP contribution < -0.4 is 19.7 Å². The summed E-state index contributed by atoms with van der Waals surface area (Å²) in [7, 11) is 1.67. The predicted molar refractivity (Wildman–Crippen MR) is 136 cm³/mol. The fourth-order valence-electron chi connectivity index (χ4n) is 4.38. The summed E-state index contributed by atoms with van der Waals surface area (Å²) in [5.41, 5.74) is 3.86. The Labute approximate surface area is 210 Å². The van der Waals surface area contributed by atoms with E-state index in [1.807, 2.05) is 36.4 Å². The zero-order chi connectivity index (χ0) is 24.7. The summed E-state index contributed by atoms with van der Waals surface area (Å²) in [6.07, 6.45) is 3.42. The smallest absolute Gasteiger partial charge is 0.227 e. The molecule has 2 saturated heterocycles. The Hall–Kier alpha value is -3.87. The number of nitrogens with zero attached hydrogens (tertiary/aromatic N) is 4. The van der Waals surface area contributed by atoms with E-state index in [4.69, 9.17) is 18.9 Å². The third-order valence-electron chi connectivity index (χ3n) is 6.30. The molecule has 0 radical (unpaired) electrons. The van der Waals surface area contributed by atoms with Crippen LogP contribution in [0.3, 0.4) is 0 Å². The van der Waals surface area contributed by atoms with Gasteiger partial charge in [0, 0.05) is 49.4 Å². The summed E-state index contributed by atoms with van der Waals surface area (Å²) in [4.78, 5) is 11.3. The lowest BCUT2D eigenvalue weighted by molar-refractivity contribution is 0.0254. The fraction of sp³-hybridized carbons (Fsp3) is 0.370. The molecule has 9 nitrogen and oxygen atoms in total. The van der Waals surface area contributed by atoms with Crippen molar-refractivity contribution in [3.05, 3.63) is 54.2 Å². The number of nitriles is 1. The SMILES string of the molecule is COc1cc(Nc2nccc(-c3ccc(OC4CCOCC4)c(C#N)c3)n2)ccc1N1CCOCC1. The number of ether oxygens (including phenoxy) is 4. The van der Waals surface area contributed by atoms with Gasteiger partial charge in [0.2, 0.25) is 5.95 Å². The highest BCUT2D eigenvalue weighted by Crippen LogP contribution is 2.33. The Morgan fingerprint density at radius 1 is 1.00 bits per heavy atom. The second kappa shape index (κ2) is 11.2. The third kappa shape index (κ3) is 5.51. The molecule has 1 aromatic heterocycles. The van der Waals surface area contributed by atoms with E-state index in [0.29, 0.717) is 49.4 Å². The van der Waals surface area contributed by atoms with Crippen molar-refractivity contribution in [2.45, 2.75) is 18.9 Å². The molecule has 3 heterocycles. The van der Waals surface area contributed by atoms with Gasteiger partial charge in [-0.25, -0.2) is 9.97 Å². The molecule has 0 bridgehead atoms. The normalized spacial score (nSPS) is 16.3. The van der Waals surface area contributed by atoms with Crippen LogP contribution in [0.25, 0.3) is 11.3 Å². The highest BCUT2D eigenvalue weighted by Gasteiger charge is 2.18. The number of hydrogen-bond acceptors (Lipinski definition) is 9. The van der Waals surface area contributed by atoms with Crippen LogP contribution in [0.5, 0.6) is 11.5 Å². The van der Waals surface area contributed by atoms with Crippen LogP contribution in [-0.4, -0.2) is 62.7 Å². The second-order valence-electron chi connectivity index (χ2n) is 8.63. The van der Waals surface area contributed by atoms with Crippen molar-refractivity contribution in [2.75, 3.05) is 56.8 Å². The number of aromatic nitrogens is 2. The molecule has 0 aliphatic carbocycles. The van der Waals surface area contributed by atoms with E-state index in [-0.39, 0.29) is 6.10 Å². The van der Waals surface area contributed by atoms with Gasteiger partial charge in [-0.05, 0) is 36.4 Å². The predicted octanol–water partition coefficient (Wildman–Crippen LogP) is 4.16. The Kier molecular flexibility index (Phi) is 7.45. The summed E-state index contributed by atoms with van der Waals surface area (Å²) < 4.78 is 22.6. The first-order valence-electron chi connectivity index (χ1n) is 12.1. The van der Waals surface area contributed by atoms with Gasteiger partial charge in [0.05, 0.1) is 50.5 Å². The van der Waals surface area contributed by atoms with E-state index in [1.54, 1.807) is 19.4 Å². The zero-order valence-electron chi connectivity index (χ0n) is 20.3. The number of hydrogen-bond donors (Lipinski definition) is 1. The zero-order valence-corrected chi connectivity index (χ0v) is 20.3. The highest BCUT2D eigenvalue weighted by atomic mass is 16.5. The number of rotatable bonds is 7. The quantitative estimate of drug-likeness (QED) is 0.526. The lowest BCUT2D eigenvalue weighted by Gasteiger charge is -2.30. The maximum Gasteiger partial charge on any atom is 0.227 e. The van der Waals surface area contributed by atoms with Gasteiger partial charge in [-0.3, -0.25) is 0 Å². The minimum Gasteiger partial charge on any atom is -0.495 e. The Morgan fingerprint density at radius 3 is 2.58 bits per heavy atom. The van der Waals surface area contributed by atoms with Crippen LogP contribution in [-0.2, 0) is 9.47 Å². The first-order valence-corrected chi connectivity index (χ1v) is 12.1. The molecule has 2 aromatic carbocycles. The molecule has 5 rings (SSSR count). The van der Waals surface area contributed by atoms with Gasteiger partial charge in [0.25, 0.3) is 0 Å². The number of benzene rings is 2. The molecule has 3 aromatic rings. The van der Waals surface area contributed by atoms with Crippen molar-refractivity contribution in [1.82, 2.24) is 9.97 Å². The van der Waals surface area contributed by atoms with Gasteiger partial charge in [-0.2, -0.15) is 5.26 Å². The van der Waals surface area contributed by atoms with Gasteiger partial charge in [0.15, 0.2) is 0 Å². The van der Waals surface area contributed by atoms with Crippen LogP contribution in [0.1, 0.15) is 18.4 Å². The maximum atomic E-state index is 9.71. The minimum absolute atomic E-state index is 0.0678. The number of anilines is 3. The number of morpholine rings is 1. The van der Waals surface area contributed by atoms with Crippen molar-refractivity contribution >= 4 is 17.3 Å². The Balaban J connectivity index is 1.33. The molecule has 0 saturated carbocycles. The van der Waals surface area contributed by atoms with Gasteiger partial charge in [-0.1, -0.05) is 0 Å². The molecule has 186 valence electrons. The van der Waals surface area contributed by atoms with Crippen molar-refractivity contribution in [3.63, 3.8) is 0 Å². The lowest BCUT2D eigenvalue weighted by Crippen LogP contribution is -2.36. The summed E-state index contributed by atoms with van der Waals surface area (Å²) in [5.74, 6) is 1.82. The van der Waals surface area contributed by atoms with Crippen LogP contribution in [0.2, 0.25) is 0 Å². The molecule has 1 N–H and O–H groups in total. The fourth-order valence-corrected chi connectivity index (χ4v) is 4.38. The molecule has 2 fully saturated rings. The number of methoxy groups -OCH3 is 1. The van der Waals surface area contributed by atoms with Gasteiger partial charge >= 0.3 is 0 Å². The monoisotopic (exact) mass is 487 g/mol. The van der Waals surface area contributed by atoms with Crippen LogP contribution >= 0.6 is 0 Å². The van der Waals surface area contributed by atoms with Crippen LogP contribution in [0, 0.1) is 11.3 Å². The van der Waals surface area contributed by atoms with Crippen LogP contribution in [0.15, 0.2) is 48.7 Å². The van der Waals surface area contributed by atoms with Gasteiger partial charge in [-0.15, -0.1) is 0 Å². The molecule has 2 aliphatic heterocycles. The average molecular weight is 488 g/mol. The third-order valence-corrected chi connectivity index (χ3v) is 6.30. The van der Waals surface area contributed by atoms with E-state index in [2.05, 4.69) is 26.3 Å². The molecular formula is C27H29N5O4. The van der Waals surface area contributed by atoms with E-state index in [9.17, 15) is 5.26 Å². The summed E-state index contributed by atoms with van der Waals surface area (Å²) in [6, 6.07) is 15.6. The van der Waals surface area contributed by atoms with Crippen LogP contribution in [0.4, 0.5) is 17.3 Å². The van der Waals surface area contributed by atoms with Crippen molar-refractivity contribution in [3.8, 4) is 28.8 Å². The Morgan fingerprint density at radius 2 is 1.81 bits per heavy atom. The standard InChI is InChI=1S/C27H29N5O4/c1-33-26-17-21(3-4-24(26)32-10-14-35-15-11-32)30-27-29-9-6-23(31-27)19-2-5-25(20(16-19)18-28)36-22-7-12-34-13-8-22/h2-6,9,16-17,22H,7-8,10-15H2,1H3,(H,29,30,31). The Bertz CT molecular complexity index is 1230. The first kappa shape index (κ1) is 23.9. The summed E-state index contributed by atoms with van der Waals surface area (Å²) in [5, 5.41) is 13.0. The summed E-state index contributed by atoms with van der Waals surface area (Å²) in [6.45, 7) is 4.45. The average Bonchev–Trinajstić information content (AvgIpc) is 2.94. The van der Waals surface area contributed by atoms with Crippen molar-refractivity contribution in [1.29, 1.82) is 5.26 Å². The first-order chi connectivity index (χ1) is 17.7. The van der Waals surface area contributed by atoms with Gasteiger partial charge in [0.1, 0.15) is 23.7 Å². The van der Waals surface area contributed by atoms with E-state index < -0.39 is 0 Å². The van der Waals surface area contributed by atoms with E-state index in [0.717, 1.165) is 48.6 Å². The molecule has 9 heteroatoms. The van der Waals surface area contributed by atoms with E-state index >= 15 is 0 Å². The maximum absolute atomic E-state index is 9.71. The summed E-state index contributed by atoms with van der Waals surface area (Å²) >= 11 is 0. The topological polar surface area (TPSA) is 102 Å². The molecule has 36 heavy (non-hydrogen) atoms. The molecule has 0 atom stereocenters. The molecule has 0 unspecified atom stereocenters. The molecule has 0 spiro atoms.